The Balaban J connectivity index is 1.11. The molecule has 1 fully saturated rings. The van der Waals surface area contributed by atoms with E-state index in [0.717, 1.165) is 14.6 Å². The summed E-state index contributed by atoms with van der Waals surface area (Å²) in [6.45, 7) is 2.17. The smallest absolute Gasteiger partial charge is 0.267 e. The van der Waals surface area contributed by atoms with Gasteiger partial charge in [0.1, 0.15) is 6.61 Å². The number of nitrogens with zero attached hydrogens (tertiary/aromatic N) is 3. The number of rotatable bonds is 4. The van der Waals surface area contributed by atoms with Crippen LogP contribution in [-0.2, 0) is 9.59 Å². The highest BCUT2D eigenvalue weighted by molar-refractivity contribution is 8.01. The normalized spacial score (nSPS) is 18.1. The first kappa shape index (κ1) is 21.4. The molecule has 3 heterocycles. The molecule has 0 bridgehead atoms. The van der Waals surface area contributed by atoms with Gasteiger partial charge in [-0.15, -0.1) is 11.3 Å². The quantitative estimate of drug-likeness (QED) is 0.522. The molecule has 0 radical (unpaired) electrons. The first-order valence-corrected chi connectivity index (χ1v) is 12.4. The maximum Gasteiger partial charge on any atom is 0.267 e. The number of thioether (sulfide) groups is 1. The average Bonchev–Trinajstić information content (AvgIpc) is 3.24. The van der Waals surface area contributed by atoms with Crippen LogP contribution < -0.4 is 9.47 Å². The molecule has 0 unspecified atom stereocenters. The highest BCUT2D eigenvalue weighted by atomic mass is 35.5. The van der Waals surface area contributed by atoms with Crippen molar-refractivity contribution < 1.29 is 19.1 Å². The lowest BCUT2D eigenvalue weighted by atomic mass is 10.2. The molecule has 1 saturated heterocycles. The summed E-state index contributed by atoms with van der Waals surface area (Å²) >= 11 is 9.00. The van der Waals surface area contributed by atoms with E-state index in [9.17, 15) is 9.59 Å². The minimum atomic E-state index is -0.657. The van der Waals surface area contributed by atoms with E-state index in [4.69, 9.17) is 21.1 Å². The lowest BCUT2D eigenvalue weighted by Crippen LogP contribution is -2.55. The van der Waals surface area contributed by atoms with Gasteiger partial charge in [0.25, 0.3) is 5.91 Å². The fraction of sp³-hybridized carbons (Fsp3) is 0.318. The standard InChI is InChI=1S/C22H20ClN3O4S2/c23-14-5-6-19-15(11-14)24-22(32-19)31-13-20(27)25-7-9-26(10-8-25)21(28)18-12-29-16-3-1-2-4-17(16)30-18/h1-6,11,18H,7-10,12-13H2/t18-/m1/s1. The van der Waals surface area contributed by atoms with Crippen molar-refractivity contribution in [2.75, 3.05) is 38.5 Å². The number of hydrogen-bond acceptors (Lipinski definition) is 7. The number of thiazole rings is 1. The minimum absolute atomic E-state index is 0.0468. The van der Waals surface area contributed by atoms with Crippen LogP contribution in [0, 0.1) is 0 Å². The van der Waals surface area contributed by atoms with E-state index in [0.29, 0.717) is 48.5 Å². The number of aromatic nitrogens is 1. The number of fused-ring (bicyclic) bond motifs is 2. The fourth-order valence-corrected chi connectivity index (χ4v) is 5.79. The van der Waals surface area contributed by atoms with Gasteiger partial charge in [-0.1, -0.05) is 35.5 Å². The number of carbonyl (C=O) groups is 2. The van der Waals surface area contributed by atoms with Crippen molar-refractivity contribution in [3.63, 3.8) is 0 Å². The molecule has 7 nitrogen and oxygen atoms in total. The predicted octanol–water partition coefficient (Wildman–Crippen LogP) is 3.55. The van der Waals surface area contributed by atoms with Crippen molar-refractivity contribution in [2.45, 2.75) is 10.4 Å². The summed E-state index contributed by atoms with van der Waals surface area (Å²) in [7, 11) is 0. The molecule has 10 heteroatoms. The van der Waals surface area contributed by atoms with Crippen LogP contribution in [0.4, 0.5) is 0 Å². The zero-order chi connectivity index (χ0) is 22.1. The summed E-state index contributed by atoms with van der Waals surface area (Å²) in [5, 5.41) is 0.650. The van der Waals surface area contributed by atoms with Crippen LogP contribution >= 0.6 is 34.7 Å². The Bertz CT molecular complexity index is 1160. The third-order valence-electron chi connectivity index (χ3n) is 5.38. The fourth-order valence-electron chi connectivity index (χ4n) is 3.68. The third kappa shape index (κ3) is 4.51. The molecule has 1 aromatic heterocycles. The summed E-state index contributed by atoms with van der Waals surface area (Å²) in [5.74, 6) is 1.50. The van der Waals surface area contributed by atoms with Gasteiger partial charge >= 0.3 is 0 Å². The van der Waals surface area contributed by atoms with Crippen LogP contribution in [0.2, 0.25) is 5.02 Å². The van der Waals surface area contributed by atoms with Gasteiger partial charge in [0.15, 0.2) is 15.8 Å². The molecule has 1 atom stereocenters. The van der Waals surface area contributed by atoms with Gasteiger partial charge in [-0.05, 0) is 30.3 Å². The van der Waals surface area contributed by atoms with Crippen molar-refractivity contribution in [1.29, 1.82) is 0 Å². The molecular formula is C22H20ClN3O4S2. The number of piperazine rings is 1. The Morgan fingerprint density at radius 2 is 1.84 bits per heavy atom. The highest BCUT2D eigenvalue weighted by Crippen LogP contribution is 2.32. The van der Waals surface area contributed by atoms with E-state index in [1.165, 1.54) is 11.8 Å². The molecule has 2 aromatic carbocycles. The van der Waals surface area contributed by atoms with Gasteiger partial charge in [0, 0.05) is 31.2 Å². The second-order valence-electron chi connectivity index (χ2n) is 7.45. The molecule has 0 spiro atoms. The van der Waals surface area contributed by atoms with Crippen molar-refractivity contribution in [2.24, 2.45) is 0 Å². The second-order valence-corrected chi connectivity index (χ2v) is 10.1. The van der Waals surface area contributed by atoms with E-state index in [1.54, 1.807) is 27.2 Å². The number of halogens is 1. The largest absolute Gasteiger partial charge is 0.485 e. The average molecular weight is 490 g/mol. The molecule has 32 heavy (non-hydrogen) atoms. The lowest BCUT2D eigenvalue weighted by Gasteiger charge is -2.37. The molecular weight excluding hydrogens is 470 g/mol. The summed E-state index contributed by atoms with van der Waals surface area (Å²) in [6, 6.07) is 12.9. The molecule has 0 aliphatic carbocycles. The Hall–Kier alpha value is -2.49. The number of para-hydroxylation sites is 2. The first-order chi connectivity index (χ1) is 15.6. The zero-order valence-electron chi connectivity index (χ0n) is 17.0. The number of ether oxygens (including phenoxy) is 2. The summed E-state index contributed by atoms with van der Waals surface area (Å²) in [5.41, 5.74) is 0.848. The molecule has 2 aliphatic rings. The van der Waals surface area contributed by atoms with Gasteiger partial charge in [-0.2, -0.15) is 0 Å². The minimum Gasteiger partial charge on any atom is -0.485 e. The summed E-state index contributed by atoms with van der Waals surface area (Å²) < 4.78 is 13.4. The van der Waals surface area contributed by atoms with Crippen LogP contribution in [0.1, 0.15) is 0 Å². The number of benzene rings is 2. The Kier molecular flexibility index (Phi) is 6.12. The molecule has 166 valence electrons. The van der Waals surface area contributed by atoms with E-state index in [-0.39, 0.29) is 18.4 Å². The van der Waals surface area contributed by atoms with Gasteiger partial charge in [0.2, 0.25) is 12.0 Å². The Morgan fingerprint density at radius 3 is 2.66 bits per heavy atom. The molecule has 0 saturated carbocycles. The predicted molar refractivity (Wildman–Crippen MR) is 125 cm³/mol. The lowest BCUT2D eigenvalue weighted by molar-refractivity contribution is -0.145. The maximum atomic E-state index is 12.9. The van der Waals surface area contributed by atoms with Gasteiger partial charge < -0.3 is 19.3 Å². The van der Waals surface area contributed by atoms with Gasteiger partial charge in [-0.25, -0.2) is 4.98 Å². The molecule has 5 rings (SSSR count). The molecule has 3 aromatic rings. The SMILES string of the molecule is O=C(CSc1nc2cc(Cl)ccc2s1)N1CCN(C(=O)[C@H]2COc3ccccc3O2)CC1. The van der Waals surface area contributed by atoms with Crippen LogP contribution in [0.3, 0.4) is 0 Å². The summed E-state index contributed by atoms with van der Waals surface area (Å²) in [6.07, 6.45) is -0.657. The van der Waals surface area contributed by atoms with Crippen molar-refractivity contribution in [1.82, 2.24) is 14.8 Å². The molecule has 2 amide bonds. The Labute approximate surface area is 198 Å². The van der Waals surface area contributed by atoms with Gasteiger partial charge in [0.05, 0.1) is 16.0 Å². The second kappa shape index (κ2) is 9.17. The van der Waals surface area contributed by atoms with E-state index in [2.05, 4.69) is 4.98 Å². The highest BCUT2D eigenvalue weighted by Gasteiger charge is 2.33. The van der Waals surface area contributed by atoms with E-state index >= 15 is 0 Å². The van der Waals surface area contributed by atoms with E-state index < -0.39 is 6.10 Å². The zero-order valence-corrected chi connectivity index (χ0v) is 19.4. The van der Waals surface area contributed by atoms with Crippen LogP contribution in [0.15, 0.2) is 46.8 Å². The van der Waals surface area contributed by atoms with Crippen molar-refractivity contribution in [3.05, 3.63) is 47.5 Å². The number of carbonyl (C=O) groups excluding carboxylic acids is 2. The topological polar surface area (TPSA) is 72.0 Å². The first-order valence-electron chi connectivity index (χ1n) is 10.2. The Morgan fingerprint density at radius 1 is 1.09 bits per heavy atom. The van der Waals surface area contributed by atoms with Crippen molar-refractivity contribution in [3.8, 4) is 11.5 Å². The number of hydrogen-bond donors (Lipinski definition) is 0. The monoisotopic (exact) mass is 489 g/mol. The number of amides is 2. The van der Waals surface area contributed by atoms with Gasteiger partial charge in [-0.3, -0.25) is 9.59 Å². The van der Waals surface area contributed by atoms with Crippen LogP contribution in [0.25, 0.3) is 10.2 Å². The van der Waals surface area contributed by atoms with E-state index in [1.807, 2.05) is 36.4 Å². The third-order valence-corrected chi connectivity index (χ3v) is 7.78. The van der Waals surface area contributed by atoms with Crippen LogP contribution in [-0.4, -0.2) is 71.2 Å². The maximum absolute atomic E-state index is 12.9. The molecule has 2 aliphatic heterocycles. The molecule has 0 N–H and O–H groups in total. The van der Waals surface area contributed by atoms with Crippen LogP contribution in [0.5, 0.6) is 11.5 Å². The summed E-state index contributed by atoms with van der Waals surface area (Å²) in [4.78, 5) is 33.6. The van der Waals surface area contributed by atoms with Crippen molar-refractivity contribution >= 4 is 56.7 Å².